The Balaban J connectivity index is 1.85. The fourth-order valence-electron chi connectivity index (χ4n) is 1.18. The van der Waals surface area contributed by atoms with E-state index in [1.165, 1.54) is 0 Å². The SMILES string of the molecule is NCC1OC1N1C=NCC1. The molecule has 0 aromatic heterocycles. The number of epoxide rings is 1. The number of rotatable bonds is 2. The van der Waals surface area contributed by atoms with Crippen molar-refractivity contribution in [2.45, 2.75) is 12.3 Å². The zero-order valence-electron chi connectivity index (χ0n) is 5.73. The van der Waals surface area contributed by atoms with E-state index in [1.807, 2.05) is 6.34 Å². The highest BCUT2D eigenvalue weighted by atomic mass is 16.6. The summed E-state index contributed by atoms with van der Waals surface area (Å²) in [6.45, 7) is 2.51. The molecule has 1 saturated heterocycles. The Kier molecular flexibility index (Phi) is 1.35. The number of ether oxygens (including phenoxy) is 1. The molecule has 2 heterocycles. The van der Waals surface area contributed by atoms with Crippen molar-refractivity contribution < 1.29 is 4.74 Å². The van der Waals surface area contributed by atoms with Crippen LogP contribution < -0.4 is 5.73 Å². The van der Waals surface area contributed by atoms with Crippen molar-refractivity contribution in [1.82, 2.24) is 4.90 Å². The van der Waals surface area contributed by atoms with E-state index in [0.29, 0.717) is 6.54 Å². The second-order valence-corrected chi connectivity index (χ2v) is 2.56. The van der Waals surface area contributed by atoms with Crippen LogP contribution in [0.2, 0.25) is 0 Å². The van der Waals surface area contributed by atoms with Gasteiger partial charge in [0.05, 0.1) is 12.9 Å². The zero-order chi connectivity index (χ0) is 6.97. The Morgan fingerprint density at radius 3 is 3.20 bits per heavy atom. The van der Waals surface area contributed by atoms with Crippen molar-refractivity contribution in [3.63, 3.8) is 0 Å². The molecule has 2 atom stereocenters. The molecule has 4 nitrogen and oxygen atoms in total. The summed E-state index contributed by atoms with van der Waals surface area (Å²) >= 11 is 0. The third-order valence-electron chi connectivity index (χ3n) is 1.83. The molecule has 2 aliphatic rings. The maximum Gasteiger partial charge on any atom is 0.159 e. The number of nitrogens with zero attached hydrogens (tertiary/aromatic N) is 2. The maximum absolute atomic E-state index is 5.40. The van der Waals surface area contributed by atoms with Crippen LogP contribution in [-0.2, 0) is 4.74 Å². The molecule has 2 rings (SSSR count). The third-order valence-corrected chi connectivity index (χ3v) is 1.83. The van der Waals surface area contributed by atoms with Crippen LogP contribution in [-0.4, -0.2) is 43.2 Å². The van der Waals surface area contributed by atoms with Gasteiger partial charge >= 0.3 is 0 Å². The van der Waals surface area contributed by atoms with Gasteiger partial charge in [-0.2, -0.15) is 0 Å². The predicted molar refractivity (Wildman–Crippen MR) is 37.8 cm³/mol. The number of hydrogen-bond donors (Lipinski definition) is 1. The van der Waals surface area contributed by atoms with Gasteiger partial charge in [0.1, 0.15) is 6.10 Å². The second-order valence-electron chi connectivity index (χ2n) is 2.56. The lowest BCUT2D eigenvalue weighted by molar-refractivity contribution is 0.275. The van der Waals surface area contributed by atoms with Crippen molar-refractivity contribution >= 4 is 6.34 Å². The summed E-state index contributed by atoms with van der Waals surface area (Å²) in [4.78, 5) is 6.17. The lowest BCUT2D eigenvalue weighted by Gasteiger charge is -2.08. The van der Waals surface area contributed by atoms with Crippen molar-refractivity contribution in [1.29, 1.82) is 0 Å². The smallest absolute Gasteiger partial charge is 0.159 e. The van der Waals surface area contributed by atoms with Crippen LogP contribution in [0.5, 0.6) is 0 Å². The average Bonchev–Trinajstić information content (AvgIpc) is 2.56. The van der Waals surface area contributed by atoms with Crippen LogP contribution in [0.15, 0.2) is 4.99 Å². The van der Waals surface area contributed by atoms with Crippen LogP contribution in [0.1, 0.15) is 0 Å². The third kappa shape index (κ3) is 0.892. The number of hydrogen-bond acceptors (Lipinski definition) is 4. The molecule has 4 heteroatoms. The molecule has 0 amide bonds. The molecule has 1 fully saturated rings. The monoisotopic (exact) mass is 141 g/mol. The summed E-state index contributed by atoms with van der Waals surface area (Å²) in [5.41, 5.74) is 5.40. The van der Waals surface area contributed by atoms with Gasteiger partial charge in [-0.1, -0.05) is 0 Å². The summed E-state index contributed by atoms with van der Waals surface area (Å²) in [6, 6.07) is 0. The standard InChI is InChI=1S/C6H11N3O/c7-3-5-6(10-5)9-2-1-8-4-9/h4-6H,1-3,7H2. The molecule has 0 spiro atoms. The largest absolute Gasteiger partial charge is 0.346 e. The summed E-state index contributed by atoms with van der Waals surface area (Å²) in [6.07, 6.45) is 2.33. The van der Waals surface area contributed by atoms with E-state index >= 15 is 0 Å². The van der Waals surface area contributed by atoms with Crippen molar-refractivity contribution in [3.05, 3.63) is 0 Å². The van der Waals surface area contributed by atoms with Crippen LogP contribution >= 0.6 is 0 Å². The number of nitrogens with two attached hydrogens (primary N) is 1. The van der Waals surface area contributed by atoms with Crippen molar-refractivity contribution in [2.24, 2.45) is 10.7 Å². The van der Waals surface area contributed by atoms with Gasteiger partial charge in [0, 0.05) is 13.1 Å². The van der Waals surface area contributed by atoms with Crippen LogP contribution in [0, 0.1) is 0 Å². The Hall–Kier alpha value is -0.610. The molecule has 0 aromatic carbocycles. The second kappa shape index (κ2) is 2.21. The Morgan fingerprint density at radius 2 is 2.70 bits per heavy atom. The highest BCUT2D eigenvalue weighted by molar-refractivity contribution is 5.57. The van der Waals surface area contributed by atoms with Gasteiger partial charge in [-0.05, 0) is 0 Å². The Labute approximate surface area is 59.7 Å². The topological polar surface area (TPSA) is 54.1 Å². The molecular weight excluding hydrogens is 130 g/mol. The van der Waals surface area contributed by atoms with Crippen molar-refractivity contribution in [2.75, 3.05) is 19.6 Å². The molecule has 2 N–H and O–H groups in total. The van der Waals surface area contributed by atoms with E-state index in [-0.39, 0.29) is 12.3 Å². The lowest BCUT2D eigenvalue weighted by Crippen LogP contribution is -2.26. The maximum atomic E-state index is 5.40. The minimum Gasteiger partial charge on any atom is -0.346 e. The van der Waals surface area contributed by atoms with Gasteiger partial charge in [0.2, 0.25) is 0 Å². The van der Waals surface area contributed by atoms with Crippen LogP contribution in [0.3, 0.4) is 0 Å². The summed E-state index contributed by atoms with van der Waals surface area (Å²) in [7, 11) is 0. The Bertz CT molecular complexity index is 159. The van der Waals surface area contributed by atoms with Crippen LogP contribution in [0.25, 0.3) is 0 Å². The first-order valence-corrected chi connectivity index (χ1v) is 3.53. The zero-order valence-corrected chi connectivity index (χ0v) is 5.73. The number of aliphatic imine (C=N–C) groups is 1. The summed E-state index contributed by atoms with van der Waals surface area (Å²) in [5.74, 6) is 0. The summed E-state index contributed by atoms with van der Waals surface area (Å²) in [5, 5.41) is 0. The highest BCUT2D eigenvalue weighted by Gasteiger charge is 2.42. The molecular formula is C6H11N3O. The van der Waals surface area contributed by atoms with Crippen molar-refractivity contribution in [3.8, 4) is 0 Å². The fraction of sp³-hybridized carbons (Fsp3) is 0.833. The summed E-state index contributed by atoms with van der Waals surface area (Å²) < 4.78 is 5.26. The molecule has 0 aliphatic carbocycles. The Morgan fingerprint density at radius 1 is 1.80 bits per heavy atom. The molecule has 10 heavy (non-hydrogen) atoms. The average molecular weight is 141 g/mol. The van der Waals surface area contributed by atoms with E-state index in [9.17, 15) is 0 Å². The fourth-order valence-corrected chi connectivity index (χ4v) is 1.18. The molecule has 0 saturated carbocycles. The van der Waals surface area contributed by atoms with Gasteiger partial charge < -0.3 is 15.4 Å². The molecule has 0 bridgehead atoms. The van der Waals surface area contributed by atoms with E-state index in [2.05, 4.69) is 9.89 Å². The van der Waals surface area contributed by atoms with Gasteiger partial charge in [-0.25, -0.2) is 0 Å². The highest BCUT2D eigenvalue weighted by Crippen LogP contribution is 2.24. The lowest BCUT2D eigenvalue weighted by atomic mass is 10.4. The van der Waals surface area contributed by atoms with E-state index in [0.717, 1.165) is 13.1 Å². The van der Waals surface area contributed by atoms with Gasteiger partial charge in [0.15, 0.2) is 6.23 Å². The normalized spacial score (nSPS) is 37.1. The first-order valence-electron chi connectivity index (χ1n) is 3.53. The quantitative estimate of drug-likeness (QED) is 0.502. The van der Waals surface area contributed by atoms with E-state index in [1.54, 1.807) is 0 Å². The minimum atomic E-state index is 0.233. The van der Waals surface area contributed by atoms with Gasteiger partial charge in [-0.3, -0.25) is 4.99 Å². The van der Waals surface area contributed by atoms with E-state index in [4.69, 9.17) is 10.5 Å². The molecule has 0 radical (unpaired) electrons. The first-order chi connectivity index (χ1) is 4.92. The molecule has 2 aliphatic heterocycles. The molecule has 0 aromatic rings. The van der Waals surface area contributed by atoms with Gasteiger partial charge in [0.25, 0.3) is 0 Å². The van der Waals surface area contributed by atoms with Crippen LogP contribution in [0.4, 0.5) is 0 Å². The minimum absolute atomic E-state index is 0.233. The molecule has 2 unspecified atom stereocenters. The first kappa shape index (κ1) is 6.12. The predicted octanol–water partition coefficient (Wildman–Crippen LogP) is -0.986. The molecule has 56 valence electrons. The van der Waals surface area contributed by atoms with E-state index < -0.39 is 0 Å². The van der Waals surface area contributed by atoms with Gasteiger partial charge in [-0.15, -0.1) is 0 Å².